The molecule has 26 heavy (non-hydrogen) atoms. The molecule has 0 radical (unpaired) electrons. The van der Waals surface area contributed by atoms with Crippen LogP contribution in [0.1, 0.15) is 6.92 Å². The van der Waals surface area contributed by atoms with Gasteiger partial charge in [0, 0.05) is 6.92 Å². The van der Waals surface area contributed by atoms with Gasteiger partial charge in [0.25, 0.3) is 5.91 Å². The van der Waals surface area contributed by atoms with Crippen molar-refractivity contribution in [3.8, 4) is 5.75 Å². The third-order valence-corrected chi connectivity index (χ3v) is 3.58. The van der Waals surface area contributed by atoms with E-state index in [1.165, 1.54) is 19.0 Å². The number of nitrogens with zero attached hydrogens (tertiary/aromatic N) is 4. The van der Waals surface area contributed by atoms with E-state index in [0.29, 0.717) is 17.1 Å². The van der Waals surface area contributed by atoms with E-state index in [4.69, 9.17) is 4.74 Å². The van der Waals surface area contributed by atoms with Crippen molar-refractivity contribution in [2.75, 3.05) is 12.1 Å². The zero-order valence-electron chi connectivity index (χ0n) is 14.3. The fourth-order valence-corrected chi connectivity index (χ4v) is 2.41. The molecule has 1 heterocycles. The van der Waals surface area contributed by atoms with Crippen molar-refractivity contribution in [3.05, 3.63) is 54.6 Å². The highest BCUT2D eigenvalue weighted by Gasteiger charge is 2.38. The van der Waals surface area contributed by atoms with Gasteiger partial charge in [-0.3, -0.25) is 9.59 Å². The molecule has 0 unspecified atom stereocenters. The molecule has 0 bridgehead atoms. The van der Waals surface area contributed by atoms with Crippen LogP contribution in [0.2, 0.25) is 0 Å². The van der Waals surface area contributed by atoms with Gasteiger partial charge >= 0.3 is 0 Å². The van der Waals surface area contributed by atoms with Crippen molar-refractivity contribution in [2.24, 2.45) is 15.3 Å². The number of methoxy groups -OCH3 is 1. The Hall–Kier alpha value is -3.55. The molecule has 8 nitrogen and oxygen atoms in total. The fourth-order valence-electron chi connectivity index (χ4n) is 2.41. The Morgan fingerprint density at radius 2 is 1.85 bits per heavy atom. The van der Waals surface area contributed by atoms with E-state index in [-0.39, 0.29) is 11.7 Å². The Bertz CT molecular complexity index is 879. The third kappa shape index (κ3) is 3.59. The maximum atomic E-state index is 12.7. The number of hydrogen-bond acceptors (Lipinski definition) is 6. The Morgan fingerprint density at radius 3 is 2.54 bits per heavy atom. The molecule has 0 fully saturated rings. The number of ether oxygens (including phenoxy) is 1. The van der Waals surface area contributed by atoms with Crippen molar-refractivity contribution in [2.45, 2.75) is 13.0 Å². The molecule has 1 atom stereocenters. The second-order valence-electron chi connectivity index (χ2n) is 5.44. The van der Waals surface area contributed by atoms with Gasteiger partial charge in [-0.2, -0.15) is 15.2 Å². The number of hydrazone groups is 1. The van der Waals surface area contributed by atoms with E-state index < -0.39 is 11.9 Å². The van der Waals surface area contributed by atoms with Crippen LogP contribution in [0.25, 0.3) is 0 Å². The number of benzene rings is 2. The first-order valence-corrected chi connectivity index (χ1v) is 7.89. The number of anilines is 1. The van der Waals surface area contributed by atoms with Crippen molar-refractivity contribution in [3.63, 3.8) is 0 Å². The third-order valence-electron chi connectivity index (χ3n) is 3.58. The monoisotopic (exact) mass is 351 g/mol. The minimum absolute atomic E-state index is 0.130. The second kappa shape index (κ2) is 7.56. The maximum Gasteiger partial charge on any atom is 0.282 e. The molecule has 1 aliphatic heterocycles. The molecule has 2 amide bonds. The van der Waals surface area contributed by atoms with Gasteiger partial charge in [0.15, 0.2) is 5.84 Å². The number of para-hydroxylation sites is 2. The number of amides is 2. The molecule has 1 aliphatic rings. The van der Waals surface area contributed by atoms with E-state index in [9.17, 15) is 9.59 Å². The molecular weight excluding hydrogens is 334 g/mol. The summed E-state index contributed by atoms with van der Waals surface area (Å²) < 4.78 is 5.22. The first kappa shape index (κ1) is 17.3. The summed E-state index contributed by atoms with van der Waals surface area (Å²) in [5.74, 6) is -0.0906. The van der Waals surface area contributed by atoms with Gasteiger partial charge in [0.05, 0.1) is 12.8 Å². The summed E-state index contributed by atoms with van der Waals surface area (Å²) in [5.41, 5.74) is 1.05. The van der Waals surface area contributed by atoms with Crippen LogP contribution in [0.15, 0.2) is 69.9 Å². The Kier molecular flexibility index (Phi) is 5.02. The van der Waals surface area contributed by atoms with E-state index in [0.717, 1.165) is 0 Å². The van der Waals surface area contributed by atoms with Crippen molar-refractivity contribution >= 4 is 29.0 Å². The second-order valence-corrected chi connectivity index (χ2v) is 5.44. The molecule has 0 saturated carbocycles. The van der Waals surface area contributed by atoms with Crippen LogP contribution < -0.4 is 15.1 Å². The van der Waals surface area contributed by atoms with Gasteiger partial charge < -0.3 is 10.1 Å². The first-order valence-electron chi connectivity index (χ1n) is 7.89. The molecule has 8 heteroatoms. The number of carbonyl (C=O) groups is 2. The van der Waals surface area contributed by atoms with Gasteiger partial charge in [0.2, 0.25) is 11.9 Å². The van der Waals surface area contributed by atoms with Crippen molar-refractivity contribution < 1.29 is 14.3 Å². The Balaban J connectivity index is 1.91. The molecule has 2 aromatic carbocycles. The molecule has 0 spiro atoms. The lowest BCUT2D eigenvalue weighted by Gasteiger charge is -2.11. The van der Waals surface area contributed by atoms with Gasteiger partial charge in [-0.05, 0) is 24.3 Å². The number of hydrogen-bond donors (Lipinski definition) is 1. The lowest BCUT2D eigenvalue weighted by Crippen LogP contribution is -2.38. The Labute approximate surface area is 150 Å². The van der Waals surface area contributed by atoms with Crippen LogP contribution in [0.4, 0.5) is 11.4 Å². The van der Waals surface area contributed by atoms with Crippen molar-refractivity contribution in [1.29, 1.82) is 0 Å². The molecule has 2 aromatic rings. The molecule has 0 aliphatic carbocycles. The minimum atomic E-state index is -1.04. The highest BCUT2D eigenvalue weighted by Crippen LogP contribution is 2.28. The summed E-state index contributed by atoms with van der Waals surface area (Å²) in [4.78, 5) is 24.2. The summed E-state index contributed by atoms with van der Waals surface area (Å²) in [6, 6.07) is 14.9. The zero-order chi connectivity index (χ0) is 18.5. The van der Waals surface area contributed by atoms with Gasteiger partial charge in [-0.15, -0.1) is 5.10 Å². The topological polar surface area (TPSA) is 95.7 Å². The minimum Gasteiger partial charge on any atom is -0.494 e. The molecular formula is C18H17N5O3. The highest BCUT2D eigenvalue weighted by molar-refractivity contribution is 6.21. The quantitative estimate of drug-likeness (QED) is 0.858. The summed E-state index contributed by atoms with van der Waals surface area (Å²) in [5, 5.41) is 16.2. The summed E-state index contributed by atoms with van der Waals surface area (Å²) >= 11 is 0. The number of nitrogens with one attached hydrogen (secondary N) is 1. The number of azo groups is 1. The van der Waals surface area contributed by atoms with Crippen LogP contribution in [-0.2, 0) is 9.59 Å². The molecule has 0 saturated heterocycles. The summed E-state index contributed by atoms with van der Waals surface area (Å²) in [7, 11) is 1.52. The van der Waals surface area contributed by atoms with E-state index in [1.807, 2.05) is 6.07 Å². The number of rotatable bonds is 4. The average Bonchev–Trinajstić information content (AvgIpc) is 2.95. The zero-order valence-corrected chi connectivity index (χ0v) is 14.3. The van der Waals surface area contributed by atoms with Gasteiger partial charge in [-0.1, -0.05) is 30.3 Å². The summed E-state index contributed by atoms with van der Waals surface area (Å²) in [6.07, 6.45) is 0. The predicted molar refractivity (Wildman–Crippen MR) is 96.5 cm³/mol. The van der Waals surface area contributed by atoms with Gasteiger partial charge in [0.1, 0.15) is 11.4 Å². The normalized spacial score (nSPS) is 16.7. The SMILES string of the molecule is COc1ccccc1N=N[C@@H]1C(=O)N(c2ccccc2)N=C1NC(C)=O. The maximum absolute atomic E-state index is 12.7. The average molecular weight is 351 g/mol. The van der Waals surface area contributed by atoms with Gasteiger partial charge in [-0.25, -0.2) is 0 Å². The largest absolute Gasteiger partial charge is 0.494 e. The number of carbonyl (C=O) groups excluding carboxylic acids is 2. The lowest BCUT2D eigenvalue weighted by atomic mass is 10.2. The van der Waals surface area contributed by atoms with Crippen LogP contribution in [0.5, 0.6) is 5.75 Å². The number of amidine groups is 1. The molecule has 0 aromatic heterocycles. The first-order chi connectivity index (χ1) is 12.6. The van der Waals surface area contributed by atoms with Crippen LogP contribution >= 0.6 is 0 Å². The molecule has 132 valence electrons. The van der Waals surface area contributed by atoms with Crippen LogP contribution in [0, 0.1) is 0 Å². The fraction of sp³-hybridized carbons (Fsp3) is 0.167. The summed E-state index contributed by atoms with van der Waals surface area (Å²) in [6.45, 7) is 1.34. The van der Waals surface area contributed by atoms with Crippen molar-refractivity contribution in [1.82, 2.24) is 5.32 Å². The van der Waals surface area contributed by atoms with Crippen LogP contribution in [0.3, 0.4) is 0 Å². The predicted octanol–water partition coefficient (Wildman–Crippen LogP) is 2.64. The smallest absolute Gasteiger partial charge is 0.282 e. The Morgan fingerprint density at radius 1 is 1.15 bits per heavy atom. The van der Waals surface area contributed by atoms with Crippen LogP contribution in [-0.4, -0.2) is 30.8 Å². The van der Waals surface area contributed by atoms with E-state index in [1.54, 1.807) is 48.5 Å². The standard InChI is InChI=1S/C18H17N5O3/c1-12(24)19-17-16(21-20-14-10-6-7-11-15(14)26-2)18(25)23(22-17)13-8-4-3-5-9-13/h3-11,16H,1-2H3,(H,19,22,24)/t16-/m0/s1. The van der Waals surface area contributed by atoms with E-state index >= 15 is 0 Å². The van der Waals surface area contributed by atoms with E-state index in [2.05, 4.69) is 20.6 Å². The molecule has 1 N–H and O–H groups in total. The lowest BCUT2D eigenvalue weighted by molar-refractivity contribution is -0.117. The highest BCUT2D eigenvalue weighted by atomic mass is 16.5. The molecule has 3 rings (SSSR count).